The molecule has 0 bridgehead atoms. The normalized spacial score (nSPS) is 23.4. The number of aromatic nitrogens is 1. The van der Waals surface area contributed by atoms with E-state index >= 15 is 0 Å². The number of nitrogens with zero attached hydrogens (tertiary/aromatic N) is 2. The number of urea groups is 1. The van der Waals surface area contributed by atoms with E-state index in [1.54, 1.807) is 18.5 Å². The average Bonchev–Trinajstić information content (AvgIpc) is 2.47. The standard InChI is InChI=1S/C15H21N3O3/c1-10-5-7-18(13(8-10)14(19)20)15(21)17-11(2)12-4-3-6-16-9-12/h3-4,6,9-11,13H,5,7-8H2,1-2H3,(H,17,21)(H,19,20). The molecule has 1 aromatic rings. The second kappa shape index (κ2) is 6.56. The van der Waals surface area contributed by atoms with Crippen LogP contribution in [0.3, 0.4) is 0 Å². The number of likely N-dealkylation sites (tertiary alicyclic amines) is 1. The first-order chi connectivity index (χ1) is 9.99. The maximum atomic E-state index is 12.3. The molecule has 2 amide bonds. The number of hydrogen-bond donors (Lipinski definition) is 2. The van der Waals surface area contributed by atoms with Gasteiger partial charge in [0.1, 0.15) is 6.04 Å². The molecule has 0 saturated carbocycles. The van der Waals surface area contributed by atoms with E-state index in [4.69, 9.17) is 0 Å². The molecule has 1 aliphatic heterocycles. The zero-order valence-electron chi connectivity index (χ0n) is 12.3. The fourth-order valence-electron chi connectivity index (χ4n) is 2.60. The van der Waals surface area contributed by atoms with Gasteiger partial charge in [-0.15, -0.1) is 0 Å². The highest BCUT2D eigenvalue weighted by Crippen LogP contribution is 2.23. The molecule has 114 valence electrons. The predicted molar refractivity (Wildman–Crippen MR) is 77.7 cm³/mol. The second-order valence-corrected chi connectivity index (χ2v) is 5.63. The summed E-state index contributed by atoms with van der Waals surface area (Å²) < 4.78 is 0. The van der Waals surface area contributed by atoms with Crippen LogP contribution in [0.4, 0.5) is 4.79 Å². The van der Waals surface area contributed by atoms with Gasteiger partial charge in [0.15, 0.2) is 0 Å². The van der Waals surface area contributed by atoms with Crippen LogP contribution in [0.1, 0.15) is 38.3 Å². The number of pyridine rings is 1. The van der Waals surface area contributed by atoms with Crippen molar-refractivity contribution in [3.05, 3.63) is 30.1 Å². The number of carbonyl (C=O) groups is 2. The van der Waals surface area contributed by atoms with Crippen LogP contribution in [0.2, 0.25) is 0 Å². The molecule has 0 aromatic carbocycles. The summed E-state index contributed by atoms with van der Waals surface area (Å²) in [5, 5.41) is 12.1. The van der Waals surface area contributed by atoms with Crippen molar-refractivity contribution >= 4 is 12.0 Å². The third-order valence-corrected chi connectivity index (χ3v) is 3.93. The third kappa shape index (κ3) is 3.71. The predicted octanol–water partition coefficient (Wildman–Crippen LogP) is 2.04. The summed E-state index contributed by atoms with van der Waals surface area (Å²) >= 11 is 0. The van der Waals surface area contributed by atoms with Crippen molar-refractivity contribution in [2.45, 2.75) is 38.8 Å². The second-order valence-electron chi connectivity index (χ2n) is 5.63. The quantitative estimate of drug-likeness (QED) is 0.892. The number of carboxylic acid groups (broad SMARTS) is 1. The first-order valence-electron chi connectivity index (χ1n) is 7.19. The van der Waals surface area contributed by atoms with Crippen molar-refractivity contribution in [3.8, 4) is 0 Å². The summed E-state index contributed by atoms with van der Waals surface area (Å²) in [5.41, 5.74) is 0.892. The Hall–Kier alpha value is -2.11. The van der Waals surface area contributed by atoms with Crippen LogP contribution in [-0.4, -0.2) is 39.6 Å². The van der Waals surface area contributed by atoms with Crippen LogP contribution in [-0.2, 0) is 4.79 Å². The van der Waals surface area contributed by atoms with Gasteiger partial charge < -0.3 is 15.3 Å². The highest BCUT2D eigenvalue weighted by atomic mass is 16.4. The molecule has 2 heterocycles. The van der Waals surface area contributed by atoms with Crippen LogP contribution in [0.5, 0.6) is 0 Å². The maximum absolute atomic E-state index is 12.3. The largest absolute Gasteiger partial charge is 0.480 e. The van der Waals surface area contributed by atoms with Crippen LogP contribution >= 0.6 is 0 Å². The zero-order chi connectivity index (χ0) is 15.4. The summed E-state index contributed by atoms with van der Waals surface area (Å²) in [6, 6.07) is 2.41. The van der Waals surface area contributed by atoms with Crippen molar-refractivity contribution in [1.29, 1.82) is 0 Å². The molecule has 1 aromatic heterocycles. The van der Waals surface area contributed by atoms with Crippen LogP contribution < -0.4 is 5.32 Å². The van der Waals surface area contributed by atoms with E-state index in [-0.39, 0.29) is 12.1 Å². The first kappa shape index (κ1) is 15.3. The lowest BCUT2D eigenvalue weighted by atomic mass is 9.93. The highest BCUT2D eigenvalue weighted by Gasteiger charge is 2.35. The average molecular weight is 291 g/mol. The van der Waals surface area contributed by atoms with Gasteiger partial charge in [-0.05, 0) is 37.3 Å². The van der Waals surface area contributed by atoms with Crippen LogP contribution in [0.15, 0.2) is 24.5 Å². The van der Waals surface area contributed by atoms with E-state index in [1.165, 1.54) is 4.90 Å². The van der Waals surface area contributed by atoms with Crippen molar-refractivity contribution in [2.24, 2.45) is 5.92 Å². The van der Waals surface area contributed by atoms with E-state index in [9.17, 15) is 14.7 Å². The minimum atomic E-state index is -0.939. The van der Waals surface area contributed by atoms with E-state index in [2.05, 4.69) is 10.3 Å². The Balaban J connectivity index is 2.03. The molecule has 1 aliphatic rings. The summed E-state index contributed by atoms with van der Waals surface area (Å²) in [7, 11) is 0. The molecular formula is C15H21N3O3. The van der Waals surface area contributed by atoms with E-state index in [0.717, 1.165) is 12.0 Å². The zero-order valence-corrected chi connectivity index (χ0v) is 12.3. The molecule has 6 nitrogen and oxygen atoms in total. The van der Waals surface area contributed by atoms with Gasteiger partial charge in [0.05, 0.1) is 6.04 Å². The van der Waals surface area contributed by atoms with Crippen LogP contribution in [0, 0.1) is 5.92 Å². The molecule has 2 rings (SSSR count). The number of carboxylic acids is 1. The molecule has 1 fully saturated rings. The van der Waals surface area contributed by atoms with Crippen molar-refractivity contribution in [2.75, 3.05) is 6.54 Å². The van der Waals surface area contributed by atoms with E-state index in [0.29, 0.717) is 18.9 Å². The summed E-state index contributed by atoms with van der Waals surface area (Å²) in [4.78, 5) is 29.1. The number of amides is 2. The molecule has 0 spiro atoms. The minimum absolute atomic E-state index is 0.208. The Morgan fingerprint density at radius 2 is 2.29 bits per heavy atom. The monoisotopic (exact) mass is 291 g/mol. The van der Waals surface area contributed by atoms with E-state index < -0.39 is 12.0 Å². The molecule has 3 unspecified atom stereocenters. The number of hydrogen-bond acceptors (Lipinski definition) is 3. The summed E-state index contributed by atoms with van der Waals surface area (Å²) in [6.45, 7) is 4.35. The topological polar surface area (TPSA) is 82.5 Å². The molecule has 21 heavy (non-hydrogen) atoms. The number of piperidine rings is 1. The summed E-state index contributed by atoms with van der Waals surface area (Å²) in [6.07, 6.45) is 4.70. The Bertz CT molecular complexity index is 506. The van der Waals surface area contributed by atoms with Gasteiger partial charge in [0.2, 0.25) is 0 Å². The van der Waals surface area contributed by atoms with Gasteiger partial charge >= 0.3 is 12.0 Å². The third-order valence-electron chi connectivity index (χ3n) is 3.93. The van der Waals surface area contributed by atoms with Gasteiger partial charge in [-0.3, -0.25) is 4.98 Å². The lowest BCUT2D eigenvalue weighted by Gasteiger charge is -2.36. The molecule has 1 saturated heterocycles. The fraction of sp³-hybridized carbons (Fsp3) is 0.533. The number of nitrogens with one attached hydrogen (secondary N) is 1. The van der Waals surface area contributed by atoms with Gasteiger partial charge in [-0.2, -0.15) is 0 Å². The Morgan fingerprint density at radius 3 is 2.90 bits per heavy atom. The van der Waals surface area contributed by atoms with Crippen molar-refractivity contribution in [3.63, 3.8) is 0 Å². The molecule has 6 heteroatoms. The smallest absolute Gasteiger partial charge is 0.326 e. The maximum Gasteiger partial charge on any atom is 0.326 e. The molecule has 0 radical (unpaired) electrons. The number of carbonyl (C=O) groups excluding carboxylic acids is 1. The Kier molecular flexibility index (Phi) is 4.77. The van der Waals surface area contributed by atoms with Crippen molar-refractivity contribution < 1.29 is 14.7 Å². The van der Waals surface area contributed by atoms with Crippen LogP contribution in [0.25, 0.3) is 0 Å². The molecule has 0 aliphatic carbocycles. The summed E-state index contributed by atoms with van der Waals surface area (Å²) in [5.74, 6) is -0.614. The first-order valence-corrected chi connectivity index (χ1v) is 7.19. The lowest BCUT2D eigenvalue weighted by Crippen LogP contribution is -2.53. The van der Waals surface area contributed by atoms with Gasteiger partial charge in [0.25, 0.3) is 0 Å². The number of aliphatic carboxylic acids is 1. The SMILES string of the molecule is CC1CCN(C(=O)NC(C)c2cccnc2)C(C(=O)O)C1. The fourth-order valence-corrected chi connectivity index (χ4v) is 2.60. The minimum Gasteiger partial charge on any atom is -0.480 e. The molecular weight excluding hydrogens is 270 g/mol. The van der Waals surface area contributed by atoms with Gasteiger partial charge in [-0.25, -0.2) is 9.59 Å². The molecule has 3 atom stereocenters. The number of rotatable bonds is 3. The highest BCUT2D eigenvalue weighted by molar-refractivity contribution is 5.83. The molecule has 2 N–H and O–H groups in total. The lowest BCUT2D eigenvalue weighted by molar-refractivity contribution is -0.143. The van der Waals surface area contributed by atoms with E-state index in [1.807, 2.05) is 19.9 Å². The Labute approximate surface area is 124 Å². The van der Waals surface area contributed by atoms with Gasteiger partial charge in [0, 0.05) is 18.9 Å². The van der Waals surface area contributed by atoms with Crippen molar-refractivity contribution in [1.82, 2.24) is 15.2 Å². The van der Waals surface area contributed by atoms with Gasteiger partial charge in [-0.1, -0.05) is 13.0 Å². The Morgan fingerprint density at radius 1 is 1.52 bits per heavy atom.